The average Bonchev–Trinajstić information content (AvgIpc) is 2.30. The molecule has 0 aliphatic carbocycles. The SMILES string of the molecule is OCCCNC1COCc2ccccc21. The number of rotatable bonds is 4. The standard InChI is InChI=1S/C12H17NO2/c14-7-3-6-13-12-9-15-8-10-4-1-2-5-11(10)12/h1-2,4-5,12-14H,3,6-9H2. The summed E-state index contributed by atoms with van der Waals surface area (Å²) in [5.74, 6) is 0. The Morgan fingerprint density at radius 1 is 1.40 bits per heavy atom. The number of aliphatic hydroxyl groups is 1. The van der Waals surface area contributed by atoms with Crippen molar-refractivity contribution in [1.29, 1.82) is 0 Å². The van der Waals surface area contributed by atoms with Crippen LogP contribution >= 0.6 is 0 Å². The number of benzene rings is 1. The number of fused-ring (bicyclic) bond motifs is 1. The molecule has 1 heterocycles. The highest BCUT2D eigenvalue weighted by atomic mass is 16.5. The van der Waals surface area contributed by atoms with Crippen molar-refractivity contribution in [2.45, 2.75) is 19.1 Å². The minimum Gasteiger partial charge on any atom is -0.396 e. The van der Waals surface area contributed by atoms with E-state index in [1.807, 2.05) is 6.07 Å². The Balaban J connectivity index is 2.02. The van der Waals surface area contributed by atoms with Crippen molar-refractivity contribution in [2.75, 3.05) is 19.8 Å². The summed E-state index contributed by atoms with van der Waals surface area (Å²) in [6.07, 6.45) is 0.790. The molecular formula is C12H17NO2. The first kappa shape index (κ1) is 10.6. The summed E-state index contributed by atoms with van der Waals surface area (Å²) in [6.45, 7) is 2.51. The van der Waals surface area contributed by atoms with Crippen LogP contribution in [0.25, 0.3) is 0 Å². The van der Waals surface area contributed by atoms with Crippen LogP contribution in [0.3, 0.4) is 0 Å². The second kappa shape index (κ2) is 5.26. The van der Waals surface area contributed by atoms with Gasteiger partial charge in [-0.05, 0) is 24.1 Å². The van der Waals surface area contributed by atoms with Crippen molar-refractivity contribution >= 4 is 0 Å². The summed E-state index contributed by atoms with van der Waals surface area (Å²) in [7, 11) is 0. The van der Waals surface area contributed by atoms with Crippen LogP contribution in [0.4, 0.5) is 0 Å². The second-order valence-corrected chi connectivity index (χ2v) is 3.80. The zero-order valence-electron chi connectivity index (χ0n) is 8.78. The van der Waals surface area contributed by atoms with Crippen LogP contribution in [0.15, 0.2) is 24.3 Å². The summed E-state index contributed by atoms with van der Waals surface area (Å²) in [4.78, 5) is 0. The van der Waals surface area contributed by atoms with Gasteiger partial charge in [0.2, 0.25) is 0 Å². The number of aliphatic hydroxyl groups excluding tert-OH is 1. The quantitative estimate of drug-likeness (QED) is 0.730. The molecule has 2 N–H and O–H groups in total. The van der Waals surface area contributed by atoms with Gasteiger partial charge in [0.15, 0.2) is 0 Å². The molecule has 0 saturated heterocycles. The monoisotopic (exact) mass is 207 g/mol. The van der Waals surface area contributed by atoms with Crippen LogP contribution in [0.5, 0.6) is 0 Å². The first-order chi connectivity index (χ1) is 7.42. The third kappa shape index (κ3) is 2.56. The van der Waals surface area contributed by atoms with Gasteiger partial charge in [0, 0.05) is 6.61 Å². The van der Waals surface area contributed by atoms with Crippen molar-refractivity contribution < 1.29 is 9.84 Å². The van der Waals surface area contributed by atoms with E-state index in [1.165, 1.54) is 11.1 Å². The van der Waals surface area contributed by atoms with Crippen LogP contribution < -0.4 is 5.32 Å². The summed E-state index contributed by atoms with van der Waals surface area (Å²) in [5, 5.41) is 12.1. The van der Waals surface area contributed by atoms with Gasteiger partial charge in [-0.3, -0.25) is 0 Å². The fraction of sp³-hybridized carbons (Fsp3) is 0.500. The van der Waals surface area contributed by atoms with Crippen molar-refractivity contribution in [3.05, 3.63) is 35.4 Å². The molecule has 0 spiro atoms. The number of hydrogen-bond donors (Lipinski definition) is 2. The number of hydrogen-bond acceptors (Lipinski definition) is 3. The van der Waals surface area contributed by atoms with Gasteiger partial charge in [-0.2, -0.15) is 0 Å². The molecule has 0 amide bonds. The molecule has 1 aliphatic rings. The molecule has 0 saturated carbocycles. The predicted molar refractivity (Wildman–Crippen MR) is 58.5 cm³/mol. The normalized spacial score (nSPS) is 19.9. The molecule has 1 aromatic rings. The molecule has 1 aliphatic heterocycles. The van der Waals surface area contributed by atoms with E-state index >= 15 is 0 Å². The molecule has 0 bridgehead atoms. The molecule has 1 atom stereocenters. The van der Waals surface area contributed by atoms with E-state index in [0.717, 1.165) is 19.6 Å². The molecule has 3 heteroatoms. The summed E-state index contributed by atoms with van der Waals surface area (Å²) >= 11 is 0. The number of ether oxygens (including phenoxy) is 1. The van der Waals surface area contributed by atoms with Gasteiger partial charge < -0.3 is 15.2 Å². The highest BCUT2D eigenvalue weighted by Crippen LogP contribution is 2.23. The van der Waals surface area contributed by atoms with E-state index in [1.54, 1.807) is 0 Å². The predicted octanol–water partition coefficient (Wildman–Crippen LogP) is 1.23. The van der Waals surface area contributed by atoms with E-state index in [0.29, 0.717) is 6.61 Å². The highest BCUT2D eigenvalue weighted by Gasteiger charge is 2.18. The van der Waals surface area contributed by atoms with Gasteiger partial charge >= 0.3 is 0 Å². The second-order valence-electron chi connectivity index (χ2n) is 3.80. The van der Waals surface area contributed by atoms with Gasteiger partial charge in [0.1, 0.15) is 0 Å². The van der Waals surface area contributed by atoms with Gasteiger partial charge in [-0.1, -0.05) is 24.3 Å². The fourth-order valence-corrected chi connectivity index (χ4v) is 1.91. The summed E-state index contributed by atoms with van der Waals surface area (Å²) in [5.41, 5.74) is 2.60. The Hall–Kier alpha value is -0.900. The van der Waals surface area contributed by atoms with E-state index < -0.39 is 0 Å². The van der Waals surface area contributed by atoms with Gasteiger partial charge in [-0.25, -0.2) is 0 Å². The molecule has 3 nitrogen and oxygen atoms in total. The fourth-order valence-electron chi connectivity index (χ4n) is 1.91. The summed E-state index contributed by atoms with van der Waals surface area (Å²) in [6, 6.07) is 8.63. The maximum absolute atomic E-state index is 8.72. The third-order valence-electron chi connectivity index (χ3n) is 2.70. The van der Waals surface area contributed by atoms with E-state index in [4.69, 9.17) is 9.84 Å². The van der Waals surface area contributed by atoms with Crippen LogP contribution in [-0.2, 0) is 11.3 Å². The lowest BCUT2D eigenvalue weighted by molar-refractivity contribution is 0.0816. The lowest BCUT2D eigenvalue weighted by Crippen LogP contribution is -2.30. The maximum atomic E-state index is 8.72. The lowest BCUT2D eigenvalue weighted by atomic mass is 9.99. The van der Waals surface area contributed by atoms with Crippen molar-refractivity contribution in [2.24, 2.45) is 0 Å². The molecule has 0 aromatic heterocycles. The Labute approximate surface area is 90.1 Å². The Kier molecular flexibility index (Phi) is 3.72. The molecule has 15 heavy (non-hydrogen) atoms. The van der Waals surface area contributed by atoms with E-state index in [-0.39, 0.29) is 12.6 Å². The van der Waals surface area contributed by atoms with Crippen LogP contribution in [0.1, 0.15) is 23.6 Å². The molecule has 0 radical (unpaired) electrons. The Bertz CT molecular complexity index is 314. The molecule has 1 unspecified atom stereocenters. The lowest BCUT2D eigenvalue weighted by Gasteiger charge is -2.26. The van der Waals surface area contributed by atoms with Crippen LogP contribution in [-0.4, -0.2) is 24.9 Å². The minimum absolute atomic E-state index is 0.238. The Morgan fingerprint density at radius 2 is 2.27 bits per heavy atom. The van der Waals surface area contributed by atoms with Gasteiger partial charge in [0.05, 0.1) is 19.3 Å². The smallest absolute Gasteiger partial charge is 0.0721 e. The first-order valence-electron chi connectivity index (χ1n) is 5.41. The van der Waals surface area contributed by atoms with Crippen molar-refractivity contribution in [3.63, 3.8) is 0 Å². The third-order valence-corrected chi connectivity index (χ3v) is 2.70. The van der Waals surface area contributed by atoms with E-state index in [2.05, 4.69) is 23.5 Å². The minimum atomic E-state index is 0.238. The van der Waals surface area contributed by atoms with E-state index in [9.17, 15) is 0 Å². The van der Waals surface area contributed by atoms with Gasteiger partial charge in [-0.15, -0.1) is 0 Å². The van der Waals surface area contributed by atoms with Crippen LogP contribution in [0, 0.1) is 0 Å². The summed E-state index contributed by atoms with van der Waals surface area (Å²) < 4.78 is 5.51. The zero-order valence-corrected chi connectivity index (χ0v) is 8.78. The molecular weight excluding hydrogens is 190 g/mol. The van der Waals surface area contributed by atoms with Gasteiger partial charge in [0.25, 0.3) is 0 Å². The topological polar surface area (TPSA) is 41.5 Å². The molecule has 2 rings (SSSR count). The Morgan fingerprint density at radius 3 is 3.13 bits per heavy atom. The van der Waals surface area contributed by atoms with Crippen molar-refractivity contribution in [1.82, 2.24) is 5.32 Å². The maximum Gasteiger partial charge on any atom is 0.0721 e. The zero-order chi connectivity index (χ0) is 10.5. The molecule has 0 fully saturated rings. The van der Waals surface area contributed by atoms with Crippen LogP contribution in [0.2, 0.25) is 0 Å². The molecule has 1 aromatic carbocycles. The number of nitrogens with one attached hydrogen (secondary N) is 1. The average molecular weight is 207 g/mol. The largest absolute Gasteiger partial charge is 0.396 e. The molecule has 82 valence electrons. The highest BCUT2D eigenvalue weighted by molar-refractivity contribution is 5.30. The first-order valence-corrected chi connectivity index (χ1v) is 5.41. The van der Waals surface area contributed by atoms with Crippen molar-refractivity contribution in [3.8, 4) is 0 Å².